The summed E-state index contributed by atoms with van der Waals surface area (Å²) < 4.78 is 0. The van der Waals surface area contributed by atoms with Gasteiger partial charge < -0.3 is 20.2 Å². The van der Waals surface area contributed by atoms with Gasteiger partial charge in [-0.25, -0.2) is 0 Å². The molecule has 0 aliphatic carbocycles. The topological polar surface area (TPSA) is 63.9 Å². The lowest BCUT2D eigenvalue weighted by molar-refractivity contribution is 0.00191. The third-order valence-corrected chi connectivity index (χ3v) is 1.98. The van der Waals surface area contributed by atoms with Crippen molar-refractivity contribution in [3.05, 3.63) is 0 Å². The molecule has 0 unspecified atom stereocenters. The Bertz CT molecular complexity index is 117. The van der Waals surface area contributed by atoms with Gasteiger partial charge in [0.15, 0.2) is 0 Å². The lowest BCUT2D eigenvalue weighted by Crippen LogP contribution is -2.33. The van der Waals surface area contributed by atoms with Gasteiger partial charge in [-0.3, -0.25) is 0 Å². The molecule has 3 atom stereocenters. The predicted octanol–water partition coefficient (Wildman–Crippen LogP) is -1.60. The molecule has 0 bridgehead atoms. The number of aliphatic hydroxyl groups excluding tert-OH is 3. The molecule has 0 aromatic rings. The highest BCUT2D eigenvalue weighted by Gasteiger charge is 2.26. The molecule has 4 nitrogen and oxygen atoms in total. The number of likely N-dealkylation sites (N-methyl/N-ethyl adjacent to an activating group) is 1. The third kappa shape index (κ3) is 2.41. The Balaban J connectivity index is 2.51. The molecule has 1 aliphatic heterocycles. The normalized spacial score (nSPS) is 42.0. The molecular weight excluding hydrogens is 146 g/mol. The van der Waals surface area contributed by atoms with Crippen molar-refractivity contribution >= 4 is 0 Å². The Hall–Kier alpha value is -0.160. The molecule has 0 spiro atoms. The fourth-order valence-corrected chi connectivity index (χ4v) is 1.39. The monoisotopic (exact) mass is 161 g/mol. The summed E-state index contributed by atoms with van der Waals surface area (Å²) in [5, 5.41) is 27.7. The maximum atomic E-state index is 9.24. The minimum absolute atomic E-state index is 0.269. The minimum Gasteiger partial charge on any atom is -0.392 e. The van der Waals surface area contributed by atoms with Crippen LogP contribution >= 0.6 is 0 Å². The molecule has 1 saturated heterocycles. The number of likely N-dealkylation sites (tertiary alicyclic amines) is 1. The first-order chi connectivity index (χ1) is 5.09. The van der Waals surface area contributed by atoms with E-state index in [2.05, 4.69) is 0 Å². The van der Waals surface area contributed by atoms with Gasteiger partial charge in [0, 0.05) is 19.5 Å². The highest BCUT2D eigenvalue weighted by Crippen LogP contribution is 2.10. The maximum Gasteiger partial charge on any atom is 0.0926 e. The van der Waals surface area contributed by atoms with Crippen LogP contribution in [-0.2, 0) is 0 Å². The van der Waals surface area contributed by atoms with Gasteiger partial charge >= 0.3 is 0 Å². The van der Waals surface area contributed by atoms with Crippen molar-refractivity contribution in [2.75, 3.05) is 20.1 Å². The Morgan fingerprint density at radius 3 is 2.36 bits per heavy atom. The largest absolute Gasteiger partial charge is 0.392 e. The molecule has 0 aromatic carbocycles. The average Bonchev–Trinajstić information content (AvgIpc) is 1.93. The first-order valence-electron chi connectivity index (χ1n) is 3.82. The van der Waals surface area contributed by atoms with E-state index >= 15 is 0 Å². The molecule has 1 heterocycles. The SMILES string of the molecule is CN1C[C@@H](O)C[C@@H](O)[C@@H](O)C1. The lowest BCUT2D eigenvalue weighted by atomic mass is 10.1. The summed E-state index contributed by atoms with van der Waals surface area (Å²) in [7, 11) is 1.81. The van der Waals surface area contributed by atoms with E-state index in [1.54, 1.807) is 0 Å². The van der Waals surface area contributed by atoms with Crippen molar-refractivity contribution < 1.29 is 15.3 Å². The quantitative estimate of drug-likeness (QED) is 0.400. The number of hydrogen-bond acceptors (Lipinski definition) is 4. The zero-order chi connectivity index (χ0) is 8.43. The summed E-state index contributed by atoms with van der Waals surface area (Å²) in [5.41, 5.74) is 0. The number of nitrogens with zero attached hydrogens (tertiary/aromatic N) is 1. The number of rotatable bonds is 0. The predicted molar refractivity (Wildman–Crippen MR) is 40.1 cm³/mol. The smallest absolute Gasteiger partial charge is 0.0926 e. The van der Waals surface area contributed by atoms with Gasteiger partial charge in [-0.1, -0.05) is 0 Å². The van der Waals surface area contributed by atoms with Crippen molar-refractivity contribution in [3.8, 4) is 0 Å². The fraction of sp³-hybridized carbons (Fsp3) is 1.00. The van der Waals surface area contributed by atoms with Crippen LogP contribution in [0, 0.1) is 0 Å². The zero-order valence-electron chi connectivity index (χ0n) is 6.64. The van der Waals surface area contributed by atoms with E-state index in [9.17, 15) is 15.3 Å². The van der Waals surface area contributed by atoms with Crippen molar-refractivity contribution in [2.45, 2.75) is 24.7 Å². The van der Waals surface area contributed by atoms with Crippen LogP contribution in [-0.4, -0.2) is 58.7 Å². The second-order valence-electron chi connectivity index (χ2n) is 3.25. The highest BCUT2D eigenvalue weighted by atomic mass is 16.3. The van der Waals surface area contributed by atoms with Crippen LogP contribution in [0.2, 0.25) is 0 Å². The molecule has 11 heavy (non-hydrogen) atoms. The van der Waals surface area contributed by atoms with Crippen LogP contribution in [0.5, 0.6) is 0 Å². The standard InChI is InChI=1S/C7H15NO3/c1-8-3-5(9)2-6(10)7(11)4-8/h5-7,9-11H,2-4H2,1H3/t5-,6+,7-/m0/s1. The fourth-order valence-electron chi connectivity index (χ4n) is 1.39. The van der Waals surface area contributed by atoms with Crippen LogP contribution in [0.1, 0.15) is 6.42 Å². The van der Waals surface area contributed by atoms with Gasteiger partial charge in [-0.2, -0.15) is 0 Å². The summed E-state index contributed by atoms with van der Waals surface area (Å²) in [6, 6.07) is 0. The molecule has 1 fully saturated rings. The van der Waals surface area contributed by atoms with Crippen molar-refractivity contribution in [1.29, 1.82) is 0 Å². The summed E-state index contributed by atoms with van der Waals surface area (Å²) in [5.74, 6) is 0. The summed E-state index contributed by atoms with van der Waals surface area (Å²) in [6.45, 7) is 0.951. The van der Waals surface area contributed by atoms with Gasteiger partial charge in [0.1, 0.15) is 0 Å². The Morgan fingerprint density at radius 1 is 1.09 bits per heavy atom. The molecular formula is C7H15NO3. The van der Waals surface area contributed by atoms with E-state index in [0.29, 0.717) is 13.1 Å². The number of aliphatic hydroxyl groups is 3. The Kier molecular flexibility index (Phi) is 2.84. The van der Waals surface area contributed by atoms with Gasteiger partial charge in [0.25, 0.3) is 0 Å². The summed E-state index contributed by atoms with van der Waals surface area (Å²) in [4.78, 5) is 1.81. The second kappa shape index (κ2) is 3.49. The average molecular weight is 161 g/mol. The molecule has 0 saturated carbocycles. The molecule has 0 amide bonds. The Labute approximate surface area is 66.1 Å². The van der Waals surface area contributed by atoms with Crippen LogP contribution < -0.4 is 0 Å². The van der Waals surface area contributed by atoms with Crippen LogP contribution in [0.4, 0.5) is 0 Å². The highest BCUT2D eigenvalue weighted by molar-refractivity contribution is 4.79. The van der Waals surface area contributed by atoms with E-state index in [1.807, 2.05) is 11.9 Å². The number of β-amino-alcohol motifs (C(OH)–C–C–N with tert-alkyl or cyclic N) is 2. The number of hydrogen-bond donors (Lipinski definition) is 3. The maximum absolute atomic E-state index is 9.24. The van der Waals surface area contributed by atoms with Crippen LogP contribution in [0.3, 0.4) is 0 Å². The van der Waals surface area contributed by atoms with E-state index < -0.39 is 18.3 Å². The Morgan fingerprint density at radius 2 is 1.73 bits per heavy atom. The van der Waals surface area contributed by atoms with Crippen molar-refractivity contribution in [3.63, 3.8) is 0 Å². The van der Waals surface area contributed by atoms with Gasteiger partial charge in [-0.15, -0.1) is 0 Å². The third-order valence-electron chi connectivity index (χ3n) is 1.98. The van der Waals surface area contributed by atoms with Crippen LogP contribution in [0.25, 0.3) is 0 Å². The first kappa shape index (κ1) is 8.93. The second-order valence-corrected chi connectivity index (χ2v) is 3.25. The van der Waals surface area contributed by atoms with Crippen molar-refractivity contribution in [2.24, 2.45) is 0 Å². The van der Waals surface area contributed by atoms with E-state index in [4.69, 9.17) is 0 Å². The van der Waals surface area contributed by atoms with Gasteiger partial charge in [0.05, 0.1) is 18.3 Å². The molecule has 1 aliphatic rings. The zero-order valence-corrected chi connectivity index (χ0v) is 6.64. The minimum atomic E-state index is -0.782. The first-order valence-corrected chi connectivity index (χ1v) is 3.82. The van der Waals surface area contributed by atoms with Crippen LogP contribution in [0.15, 0.2) is 0 Å². The summed E-state index contributed by atoms with van der Waals surface area (Å²) in [6.07, 6.45) is -1.76. The van der Waals surface area contributed by atoms with Gasteiger partial charge in [-0.05, 0) is 7.05 Å². The van der Waals surface area contributed by atoms with Crippen molar-refractivity contribution in [1.82, 2.24) is 4.90 Å². The molecule has 1 rings (SSSR count). The van der Waals surface area contributed by atoms with E-state index in [0.717, 1.165) is 0 Å². The molecule has 0 radical (unpaired) electrons. The van der Waals surface area contributed by atoms with Gasteiger partial charge in [0.2, 0.25) is 0 Å². The lowest BCUT2D eigenvalue weighted by Gasteiger charge is -2.17. The van der Waals surface area contributed by atoms with E-state index in [-0.39, 0.29) is 6.42 Å². The molecule has 0 aromatic heterocycles. The molecule has 66 valence electrons. The van der Waals surface area contributed by atoms with E-state index in [1.165, 1.54) is 0 Å². The molecule has 3 N–H and O–H groups in total. The molecule has 4 heteroatoms. The summed E-state index contributed by atoms with van der Waals surface area (Å²) >= 11 is 0.